The summed E-state index contributed by atoms with van der Waals surface area (Å²) in [6.45, 7) is 5.68. The number of rotatable bonds is 3. The van der Waals surface area contributed by atoms with E-state index in [1.807, 2.05) is 0 Å². The third-order valence-corrected chi connectivity index (χ3v) is 4.79. The molecule has 2 fully saturated rings. The van der Waals surface area contributed by atoms with Crippen molar-refractivity contribution in [2.45, 2.75) is 42.7 Å². The number of aliphatic carboxylic acids is 1. The molecule has 96 valence electrons. The second-order valence-electron chi connectivity index (χ2n) is 4.75. The molecule has 0 spiro atoms. The number of carboxylic acid groups (broad SMARTS) is 1. The van der Waals surface area contributed by atoms with Crippen LogP contribution in [-0.2, 0) is 14.3 Å². The first-order valence-corrected chi connectivity index (χ1v) is 6.30. The molecule has 2 rings (SSSR count). The average Bonchev–Trinajstić information content (AvgIpc) is 2.48. The van der Waals surface area contributed by atoms with Crippen molar-refractivity contribution >= 4 is 23.6 Å². The van der Waals surface area contributed by atoms with Crippen molar-refractivity contribution in [3.63, 3.8) is 0 Å². The van der Waals surface area contributed by atoms with E-state index in [2.05, 4.69) is 0 Å². The Balaban J connectivity index is 2.31. The van der Waals surface area contributed by atoms with Gasteiger partial charge < -0.3 is 14.7 Å². The highest BCUT2D eigenvalue weighted by atomic mass is 32.2. The minimum Gasteiger partial charge on any atom is -0.480 e. The third-order valence-electron chi connectivity index (χ3n) is 3.16. The molecule has 0 radical (unpaired) electrons. The van der Waals surface area contributed by atoms with Crippen molar-refractivity contribution in [2.24, 2.45) is 5.73 Å². The van der Waals surface area contributed by atoms with Gasteiger partial charge in [-0.05, 0) is 20.8 Å². The second-order valence-corrected chi connectivity index (χ2v) is 6.49. The highest BCUT2D eigenvalue weighted by Crippen LogP contribution is 2.54. The number of nitrogens with two attached hydrogens (primary N) is 1. The number of nitrogens with zero attached hydrogens (tertiary/aromatic N) is 1. The van der Waals surface area contributed by atoms with E-state index in [9.17, 15) is 14.7 Å². The van der Waals surface area contributed by atoms with Crippen LogP contribution in [-0.4, -0.2) is 50.4 Å². The number of ether oxygens (including phenoxy) is 1. The fourth-order valence-electron chi connectivity index (χ4n) is 2.43. The standard InChI is InChI=1S/C10H16N2O4S/c1-4-16-10(11)7(15)12-5(6(13)14)9(2,3)17-8(10)12/h5,8H,4,11H2,1-3H3,(H,13,14)/t5-,8+,10?/m0/s1. The molecule has 0 aromatic rings. The zero-order valence-corrected chi connectivity index (χ0v) is 10.8. The van der Waals surface area contributed by atoms with E-state index < -0.39 is 33.8 Å². The number of fused-ring (bicyclic) bond motifs is 1. The van der Waals surface area contributed by atoms with E-state index in [1.54, 1.807) is 20.8 Å². The minimum atomic E-state index is -1.36. The van der Waals surface area contributed by atoms with Gasteiger partial charge in [-0.25, -0.2) is 4.79 Å². The summed E-state index contributed by atoms with van der Waals surface area (Å²) in [5.74, 6) is -1.44. The van der Waals surface area contributed by atoms with Crippen LogP contribution in [0.4, 0.5) is 0 Å². The summed E-state index contributed by atoms with van der Waals surface area (Å²) in [5.41, 5.74) is 4.54. The van der Waals surface area contributed by atoms with Crippen LogP contribution in [0.15, 0.2) is 0 Å². The maximum atomic E-state index is 12.0. The zero-order valence-electron chi connectivity index (χ0n) is 9.97. The summed E-state index contributed by atoms with van der Waals surface area (Å²) < 4.78 is 4.72. The largest absolute Gasteiger partial charge is 0.480 e. The van der Waals surface area contributed by atoms with Crippen LogP contribution in [0, 0.1) is 0 Å². The van der Waals surface area contributed by atoms with Crippen molar-refractivity contribution in [2.75, 3.05) is 6.61 Å². The van der Waals surface area contributed by atoms with Crippen molar-refractivity contribution < 1.29 is 19.4 Å². The molecule has 0 aromatic carbocycles. The fraction of sp³-hybridized carbons (Fsp3) is 0.800. The van der Waals surface area contributed by atoms with E-state index in [0.29, 0.717) is 6.61 Å². The summed E-state index contributed by atoms with van der Waals surface area (Å²) in [6.07, 6.45) is 0. The molecule has 3 atom stereocenters. The van der Waals surface area contributed by atoms with Gasteiger partial charge >= 0.3 is 5.97 Å². The highest BCUT2D eigenvalue weighted by molar-refractivity contribution is 8.01. The average molecular weight is 260 g/mol. The van der Waals surface area contributed by atoms with Gasteiger partial charge in [0.25, 0.3) is 5.91 Å². The Kier molecular flexibility index (Phi) is 2.68. The lowest BCUT2D eigenvalue weighted by molar-refractivity contribution is -0.196. The third kappa shape index (κ3) is 1.49. The van der Waals surface area contributed by atoms with E-state index in [-0.39, 0.29) is 0 Å². The minimum absolute atomic E-state index is 0.325. The number of β-lactam (4-membered cyclic amide) rings is 1. The van der Waals surface area contributed by atoms with Gasteiger partial charge in [-0.2, -0.15) is 0 Å². The molecule has 2 aliphatic heterocycles. The number of thioether (sulfide) groups is 1. The molecule has 0 aliphatic carbocycles. The van der Waals surface area contributed by atoms with Crippen LogP contribution >= 0.6 is 11.8 Å². The molecule has 0 aromatic heterocycles. The molecule has 7 heteroatoms. The SMILES string of the molecule is CCOC1(N)C(=O)N2[C@@H](C(=O)O)C(C)(C)S[C@@H]21. The molecule has 0 bridgehead atoms. The smallest absolute Gasteiger partial charge is 0.327 e. The Hall–Kier alpha value is -0.790. The fourth-order valence-corrected chi connectivity index (χ4v) is 4.02. The second kappa shape index (κ2) is 3.60. The molecular formula is C10H16N2O4S. The summed E-state index contributed by atoms with van der Waals surface area (Å²) >= 11 is 1.38. The Labute approximate surface area is 103 Å². The quantitative estimate of drug-likeness (QED) is 0.540. The predicted octanol–water partition coefficient (Wildman–Crippen LogP) is -0.175. The van der Waals surface area contributed by atoms with Crippen LogP contribution < -0.4 is 5.73 Å². The number of hydrogen-bond acceptors (Lipinski definition) is 5. The Bertz CT molecular complexity index is 387. The maximum absolute atomic E-state index is 12.0. The summed E-state index contributed by atoms with van der Waals surface area (Å²) in [7, 11) is 0. The van der Waals surface area contributed by atoms with Gasteiger partial charge in [0.05, 0.1) is 0 Å². The summed E-state index contributed by atoms with van der Waals surface area (Å²) in [5, 5.41) is 8.79. The monoisotopic (exact) mass is 260 g/mol. The molecule has 2 aliphatic rings. The maximum Gasteiger partial charge on any atom is 0.327 e. The molecule has 6 nitrogen and oxygen atoms in total. The van der Waals surface area contributed by atoms with Crippen molar-refractivity contribution in [3.8, 4) is 0 Å². The predicted molar refractivity (Wildman–Crippen MR) is 62.3 cm³/mol. The van der Waals surface area contributed by atoms with Crippen LogP contribution in [0.5, 0.6) is 0 Å². The topological polar surface area (TPSA) is 92.9 Å². The van der Waals surface area contributed by atoms with Crippen LogP contribution in [0.2, 0.25) is 0 Å². The molecule has 2 heterocycles. The van der Waals surface area contributed by atoms with Crippen molar-refractivity contribution in [1.29, 1.82) is 0 Å². The molecule has 3 N–H and O–H groups in total. The number of carbonyl (C=O) groups is 2. The lowest BCUT2D eigenvalue weighted by Gasteiger charge is -2.49. The van der Waals surface area contributed by atoms with Crippen molar-refractivity contribution in [3.05, 3.63) is 0 Å². The Morgan fingerprint density at radius 1 is 1.65 bits per heavy atom. The summed E-state index contributed by atoms with van der Waals surface area (Å²) in [6, 6.07) is -0.845. The number of amides is 1. The first-order chi connectivity index (χ1) is 7.75. The molecule has 17 heavy (non-hydrogen) atoms. The molecule has 0 saturated carbocycles. The van der Waals surface area contributed by atoms with E-state index in [4.69, 9.17) is 10.5 Å². The number of carboxylic acids is 1. The van der Waals surface area contributed by atoms with Gasteiger partial charge in [-0.1, -0.05) is 0 Å². The van der Waals surface area contributed by atoms with Gasteiger partial charge in [0, 0.05) is 11.4 Å². The lowest BCUT2D eigenvalue weighted by Crippen LogP contribution is -2.78. The molecular weight excluding hydrogens is 244 g/mol. The molecule has 1 amide bonds. The van der Waals surface area contributed by atoms with Crippen LogP contribution in [0.1, 0.15) is 20.8 Å². The Morgan fingerprint density at radius 3 is 2.71 bits per heavy atom. The van der Waals surface area contributed by atoms with E-state index in [1.165, 1.54) is 16.7 Å². The van der Waals surface area contributed by atoms with Gasteiger partial charge in [0.15, 0.2) is 0 Å². The highest BCUT2D eigenvalue weighted by Gasteiger charge is 2.71. The Morgan fingerprint density at radius 2 is 2.24 bits per heavy atom. The van der Waals surface area contributed by atoms with E-state index in [0.717, 1.165) is 0 Å². The normalized spacial score (nSPS) is 38.8. The van der Waals surface area contributed by atoms with Gasteiger partial charge in [0.1, 0.15) is 11.4 Å². The number of carbonyl (C=O) groups excluding carboxylic acids is 1. The van der Waals surface area contributed by atoms with E-state index >= 15 is 0 Å². The van der Waals surface area contributed by atoms with Crippen molar-refractivity contribution in [1.82, 2.24) is 4.90 Å². The van der Waals surface area contributed by atoms with Gasteiger partial charge in [-0.15, -0.1) is 11.8 Å². The van der Waals surface area contributed by atoms with Gasteiger partial charge in [0.2, 0.25) is 5.72 Å². The van der Waals surface area contributed by atoms with Crippen LogP contribution in [0.3, 0.4) is 0 Å². The van der Waals surface area contributed by atoms with Gasteiger partial charge in [-0.3, -0.25) is 10.5 Å². The first kappa shape index (κ1) is 12.7. The molecule has 1 unspecified atom stereocenters. The lowest BCUT2D eigenvalue weighted by atomic mass is 9.94. The molecule has 2 saturated heterocycles. The zero-order chi connectivity index (χ0) is 13.0. The number of hydrogen-bond donors (Lipinski definition) is 2. The van der Waals surface area contributed by atoms with Crippen LogP contribution in [0.25, 0.3) is 0 Å². The summed E-state index contributed by atoms with van der Waals surface area (Å²) in [4.78, 5) is 24.5. The first-order valence-electron chi connectivity index (χ1n) is 5.42.